The van der Waals surface area contributed by atoms with Gasteiger partial charge in [-0.3, -0.25) is 4.90 Å². The molecule has 1 atom stereocenters. The molecule has 2 aliphatic heterocycles. The standard InChI is InChI=1S/C21H27N3O3S/c22-28(25,26)20-7-5-19(6-8-20)24-13-11-23(12-14-24)10-9-18-16-27-15-17-3-1-2-4-21(17)18/h1-8,18H,9-16H2,(H2,22,25,26). The van der Waals surface area contributed by atoms with Crippen molar-refractivity contribution >= 4 is 15.7 Å². The number of benzene rings is 2. The normalized spacial score (nSPS) is 20.8. The summed E-state index contributed by atoms with van der Waals surface area (Å²) < 4.78 is 28.6. The number of hydrogen-bond acceptors (Lipinski definition) is 5. The Hall–Kier alpha value is -1.93. The van der Waals surface area contributed by atoms with E-state index in [0.717, 1.165) is 58.0 Å². The fraction of sp³-hybridized carbons (Fsp3) is 0.429. The molecule has 0 radical (unpaired) electrons. The van der Waals surface area contributed by atoms with E-state index in [-0.39, 0.29) is 4.90 Å². The first-order chi connectivity index (χ1) is 13.5. The van der Waals surface area contributed by atoms with Crippen molar-refractivity contribution in [3.8, 4) is 0 Å². The monoisotopic (exact) mass is 401 g/mol. The van der Waals surface area contributed by atoms with Crippen molar-refractivity contribution in [3.05, 3.63) is 59.7 Å². The number of sulfonamides is 1. The van der Waals surface area contributed by atoms with Gasteiger partial charge in [-0.05, 0) is 48.4 Å². The Morgan fingerprint density at radius 2 is 1.71 bits per heavy atom. The summed E-state index contributed by atoms with van der Waals surface area (Å²) in [7, 11) is -3.64. The van der Waals surface area contributed by atoms with Crippen molar-refractivity contribution in [2.45, 2.75) is 23.8 Å². The maximum Gasteiger partial charge on any atom is 0.238 e. The summed E-state index contributed by atoms with van der Waals surface area (Å²) in [5, 5.41) is 5.17. The predicted octanol–water partition coefficient (Wildman–Crippen LogP) is 2.16. The lowest BCUT2D eigenvalue weighted by Gasteiger charge is -2.37. The first-order valence-electron chi connectivity index (χ1n) is 9.76. The molecule has 1 unspecified atom stereocenters. The van der Waals surface area contributed by atoms with Crippen LogP contribution in [0.4, 0.5) is 5.69 Å². The molecular formula is C21H27N3O3S. The van der Waals surface area contributed by atoms with Crippen LogP contribution >= 0.6 is 0 Å². The summed E-state index contributed by atoms with van der Waals surface area (Å²) in [5.74, 6) is 0.480. The zero-order valence-electron chi connectivity index (χ0n) is 16.0. The molecule has 2 aromatic carbocycles. The van der Waals surface area contributed by atoms with Crippen LogP contribution in [0.3, 0.4) is 0 Å². The number of nitrogens with two attached hydrogens (primary N) is 1. The second-order valence-electron chi connectivity index (χ2n) is 7.57. The number of piperazine rings is 1. The van der Waals surface area contributed by atoms with Crippen molar-refractivity contribution < 1.29 is 13.2 Å². The van der Waals surface area contributed by atoms with Crippen LogP contribution in [0.5, 0.6) is 0 Å². The molecule has 1 saturated heterocycles. The van der Waals surface area contributed by atoms with Crippen LogP contribution in [0.1, 0.15) is 23.5 Å². The fourth-order valence-electron chi connectivity index (χ4n) is 4.12. The van der Waals surface area contributed by atoms with Gasteiger partial charge in [0, 0.05) is 37.8 Å². The summed E-state index contributed by atoms with van der Waals surface area (Å²) >= 11 is 0. The molecule has 1 fully saturated rings. The van der Waals surface area contributed by atoms with Crippen LogP contribution < -0.4 is 10.0 Å². The van der Waals surface area contributed by atoms with Gasteiger partial charge in [0.2, 0.25) is 10.0 Å². The highest BCUT2D eigenvalue weighted by Gasteiger charge is 2.23. The lowest BCUT2D eigenvalue weighted by Crippen LogP contribution is -2.47. The Morgan fingerprint density at radius 3 is 2.43 bits per heavy atom. The van der Waals surface area contributed by atoms with E-state index in [1.807, 2.05) is 12.1 Å². The van der Waals surface area contributed by atoms with E-state index < -0.39 is 10.0 Å². The lowest BCUT2D eigenvalue weighted by molar-refractivity contribution is 0.0847. The Balaban J connectivity index is 1.29. The highest BCUT2D eigenvalue weighted by Crippen LogP contribution is 2.29. The number of nitrogens with zero attached hydrogens (tertiary/aromatic N) is 2. The highest BCUT2D eigenvalue weighted by atomic mass is 32.2. The molecular weight excluding hydrogens is 374 g/mol. The molecule has 2 N–H and O–H groups in total. The third-order valence-corrected chi connectivity index (χ3v) is 6.70. The second kappa shape index (κ2) is 8.21. The smallest absolute Gasteiger partial charge is 0.238 e. The van der Waals surface area contributed by atoms with Gasteiger partial charge >= 0.3 is 0 Å². The van der Waals surface area contributed by atoms with Crippen molar-refractivity contribution in [3.63, 3.8) is 0 Å². The first-order valence-corrected chi connectivity index (χ1v) is 11.3. The Morgan fingerprint density at radius 1 is 1.00 bits per heavy atom. The van der Waals surface area contributed by atoms with Gasteiger partial charge in [0.25, 0.3) is 0 Å². The average Bonchev–Trinajstić information content (AvgIpc) is 2.72. The third kappa shape index (κ3) is 4.38. The molecule has 28 heavy (non-hydrogen) atoms. The molecule has 2 heterocycles. The molecule has 0 aromatic heterocycles. The molecule has 0 saturated carbocycles. The zero-order chi connectivity index (χ0) is 19.6. The molecule has 0 spiro atoms. The number of hydrogen-bond donors (Lipinski definition) is 1. The Bertz CT molecular complexity index is 907. The number of primary sulfonamides is 1. The predicted molar refractivity (Wildman–Crippen MR) is 110 cm³/mol. The SMILES string of the molecule is NS(=O)(=O)c1ccc(N2CCN(CCC3COCc4ccccc43)CC2)cc1. The molecule has 2 aliphatic rings. The molecule has 0 amide bonds. The molecule has 0 aliphatic carbocycles. The van der Waals surface area contributed by atoms with E-state index in [1.54, 1.807) is 12.1 Å². The maximum absolute atomic E-state index is 11.4. The largest absolute Gasteiger partial charge is 0.376 e. The Kier molecular flexibility index (Phi) is 5.68. The van der Waals surface area contributed by atoms with Gasteiger partial charge in [0.1, 0.15) is 0 Å². The van der Waals surface area contributed by atoms with Crippen LogP contribution in [-0.4, -0.2) is 52.6 Å². The highest BCUT2D eigenvalue weighted by molar-refractivity contribution is 7.89. The van der Waals surface area contributed by atoms with Gasteiger partial charge in [0.15, 0.2) is 0 Å². The molecule has 7 heteroatoms. The number of ether oxygens (including phenoxy) is 1. The summed E-state index contributed by atoms with van der Waals surface area (Å²) in [5.41, 5.74) is 3.82. The van der Waals surface area contributed by atoms with Crippen LogP contribution in [0.25, 0.3) is 0 Å². The van der Waals surface area contributed by atoms with Crippen molar-refractivity contribution in [2.24, 2.45) is 5.14 Å². The molecule has 6 nitrogen and oxygen atoms in total. The van der Waals surface area contributed by atoms with E-state index in [0.29, 0.717) is 5.92 Å². The van der Waals surface area contributed by atoms with Crippen LogP contribution in [0.15, 0.2) is 53.4 Å². The molecule has 2 aromatic rings. The average molecular weight is 402 g/mol. The zero-order valence-corrected chi connectivity index (χ0v) is 16.8. The fourth-order valence-corrected chi connectivity index (χ4v) is 4.63. The van der Waals surface area contributed by atoms with E-state index in [4.69, 9.17) is 9.88 Å². The van der Waals surface area contributed by atoms with E-state index in [1.165, 1.54) is 11.1 Å². The Labute approximate surface area is 166 Å². The minimum absolute atomic E-state index is 0.157. The van der Waals surface area contributed by atoms with Gasteiger partial charge in [-0.2, -0.15) is 0 Å². The summed E-state index contributed by atoms with van der Waals surface area (Å²) in [6, 6.07) is 15.5. The van der Waals surface area contributed by atoms with Crippen LogP contribution in [0.2, 0.25) is 0 Å². The second-order valence-corrected chi connectivity index (χ2v) is 9.13. The van der Waals surface area contributed by atoms with E-state index >= 15 is 0 Å². The topological polar surface area (TPSA) is 75.9 Å². The minimum Gasteiger partial charge on any atom is -0.376 e. The summed E-state index contributed by atoms with van der Waals surface area (Å²) in [6.45, 7) is 6.50. The number of fused-ring (bicyclic) bond motifs is 1. The minimum atomic E-state index is -3.64. The quantitative estimate of drug-likeness (QED) is 0.831. The lowest BCUT2D eigenvalue weighted by atomic mass is 9.90. The molecule has 0 bridgehead atoms. The maximum atomic E-state index is 11.4. The first kappa shape index (κ1) is 19.4. The van der Waals surface area contributed by atoms with E-state index in [9.17, 15) is 8.42 Å². The number of anilines is 1. The van der Waals surface area contributed by atoms with Gasteiger partial charge in [0.05, 0.1) is 18.1 Å². The van der Waals surface area contributed by atoms with E-state index in [2.05, 4.69) is 34.1 Å². The molecule has 150 valence electrons. The summed E-state index contributed by atoms with van der Waals surface area (Å²) in [6.07, 6.45) is 1.11. The molecule has 4 rings (SSSR count). The van der Waals surface area contributed by atoms with Gasteiger partial charge in [-0.15, -0.1) is 0 Å². The van der Waals surface area contributed by atoms with Crippen molar-refractivity contribution in [1.82, 2.24) is 4.90 Å². The van der Waals surface area contributed by atoms with Crippen molar-refractivity contribution in [2.75, 3.05) is 44.2 Å². The summed E-state index contributed by atoms with van der Waals surface area (Å²) in [4.78, 5) is 4.96. The van der Waals surface area contributed by atoms with Crippen LogP contribution in [0, 0.1) is 0 Å². The van der Waals surface area contributed by atoms with Crippen LogP contribution in [-0.2, 0) is 21.4 Å². The van der Waals surface area contributed by atoms with Gasteiger partial charge in [-0.1, -0.05) is 24.3 Å². The third-order valence-electron chi connectivity index (χ3n) is 5.77. The number of rotatable bonds is 5. The van der Waals surface area contributed by atoms with Gasteiger partial charge < -0.3 is 9.64 Å². The van der Waals surface area contributed by atoms with Gasteiger partial charge in [-0.25, -0.2) is 13.6 Å². The van der Waals surface area contributed by atoms with Crippen molar-refractivity contribution in [1.29, 1.82) is 0 Å².